The Labute approximate surface area is 94.3 Å². The van der Waals surface area contributed by atoms with Crippen LogP contribution in [0.15, 0.2) is 0 Å². The minimum Gasteiger partial charge on any atom is -0.381 e. The zero-order valence-corrected chi connectivity index (χ0v) is 10.3. The van der Waals surface area contributed by atoms with E-state index in [-0.39, 0.29) is 0 Å². The van der Waals surface area contributed by atoms with Gasteiger partial charge in [-0.05, 0) is 18.8 Å². The molecule has 2 saturated heterocycles. The van der Waals surface area contributed by atoms with Crippen molar-refractivity contribution in [1.82, 2.24) is 0 Å². The second-order valence-corrected chi connectivity index (χ2v) is 4.87. The minimum absolute atomic E-state index is 0.843. The summed E-state index contributed by atoms with van der Waals surface area (Å²) >= 11 is 0. The van der Waals surface area contributed by atoms with E-state index >= 15 is 0 Å². The summed E-state index contributed by atoms with van der Waals surface area (Å²) in [6.45, 7) is 8.45. The van der Waals surface area contributed by atoms with Gasteiger partial charge in [0.15, 0.2) is 0 Å². The molecule has 1 atom stereocenters. The van der Waals surface area contributed by atoms with Crippen molar-refractivity contribution in [1.29, 1.82) is 0 Å². The molecule has 0 saturated carbocycles. The largest absolute Gasteiger partial charge is 0.381 e. The molecule has 2 heterocycles. The summed E-state index contributed by atoms with van der Waals surface area (Å²) < 4.78 is 10.1. The molecule has 2 nitrogen and oxygen atoms in total. The first-order valence-electron chi connectivity index (χ1n) is 6.48. The van der Waals surface area contributed by atoms with Crippen molar-refractivity contribution < 1.29 is 9.47 Å². The molecule has 0 spiro atoms. The van der Waals surface area contributed by atoms with Crippen LogP contribution < -0.4 is 0 Å². The third-order valence-electron chi connectivity index (χ3n) is 3.04. The molecule has 2 rings (SSSR count). The number of rotatable bonds is 4. The Hall–Kier alpha value is -0.0800. The van der Waals surface area contributed by atoms with Gasteiger partial charge in [0.1, 0.15) is 0 Å². The van der Waals surface area contributed by atoms with Gasteiger partial charge in [-0.25, -0.2) is 0 Å². The molecule has 15 heavy (non-hydrogen) atoms. The van der Waals surface area contributed by atoms with Crippen LogP contribution in [0.4, 0.5) is 0 Å². The average Bonchev–Trinajstić information content (AvgIpc) is 2.69. The number of hydrogen-bond acceptors (Lipinski definition) is 2. The maximum Gasteiger partial charge on any atom is 0.0513 e. The molecule has 2 fully saturated rings. The standard InChI is InChI=1S/C9H18O.C4H8O/c1-2-3-4-5-9-6-7-10-8-9;1-4-2-5-3-4/h9H,2-8H2,1H3;4H,2-3H2,1H3. The summed E-state index contributed by atoms with van der Waals surface area (Å²) in [6.07, 6.45) is 6.85. The van der Waals surface area contributed by atoms with Gasteiger partial charge >= 0.3 is 0 Å². The van der Waals surface area contributed by atoms with Crippen molar-refractivity contribution >= 4 is 0 Å². The second-order valence-electron chi connectivity index (χ2n) is 4.87. The van der Waals surface area contributed by atoms with Gasteiger partial charge in [-0.15, -0.1) is 0 Å². The van der Waals surface area contributed by atoms with Crippen LogP contribution in [-0.4, -0.2) is 26.4 Å². The van der Waals surface area contributed by atoms with Gasteiger partial charge in [0.05, 0.1) is 13.2 Å². The molecular weight excluding hydrogens is 188 g/mol. The van der Waals surface area contributed by atoms with Crippen LogP contribution in [-0.2, 0) is 9.47 Å². The van der Waals surface area contributed by atoms with Crippen molar-refractivity contribution in [2.24, 2.45) is 11.8 Å². The van der Waals surface area contributed by atoms with Gasteiger partial charge in [0, 0.05) is 19.1 Å². The molecule has 1 unspecified atom stereocenters. The molecule has 0 aromatic heterocycles. The molecule has 2 aliphatic heterocycles. The normalized spacial score (nSPS) is 25.6. The molecule has 0 N–H and O–H groups in total. The number of ether oxygens (including phenoxy) is 2. The number of unbranched alkanes of at least 4 members (excludes halogenated alkanes) is 2. The monoisotopic (exact) mass is 214 g/mol. The van der Waals surface area contributed by atoms with E-state index in [1.54, 1.807) is 0 Å². The Balaban J connectivity index is 0.000000187. The molecule has 0 amide bonds. The van der Waals surface area contributed by atoms with Crippen molar-refractivity contribution in [3.8, 4) is 0 Å². The van der Waals surface area contributed by atoms with Crippen LogP contribution in [0, 0.1) is 11.8 Å². The molecule has 0 radical (unpaired) electrons. The molecule has 2 aliphatic rings. The lowest BCUT2D eigenvalue weighted by atomic mass is 10.0. The van der Waals surface area contributed by atoms with Crippen molar-refractivity contribution in [3.05, 3.63) is 0 Å². The zero-order valence-electron chi connectivity index (χ0n) is 10.3. The van der Waals surface area contributed by atoms with E-state index in [1.807, 2.05) is 0 Å². The molecule has 2 heteroatoms. The Kier molecular flexibility index (Phi) is 7.03. The van der Waals surface area contributed by atoms with Crippen molar-refractivity contribution in [2.45, 2.75) is 46.0 Å². The van der Waals surface area contributed by atoms with E-state index in [0.717, 1.165) is 38.3 Å². The lowest BCUT2D eigenvalue weighted by Crippen LogP contribution is -2.23. The Morgan fingerprint density at radius 2 is 1.80 bits per heavy atom. The lowest BCUT2D eigenvalue weighted by molar-refractivity contribution is -0.0221. The van der Waals surface area contributed by atoms with Crippen LogP contribution in [0.25, 0.3) is 0 Å². The third kappa shape index (κ3) is 6.16. The van der Waals surface area contributed by atoms with E-state index in [9.17, 15) is 0 Å². The minimum atomic E-state index is 0.843. The maximum absolute atomic E-state index is 5.29. The van der Waals surface area contributed by atoms with Crippen LogP contribution in [0.1, 0.15) is 46.0 Å². The highest BCUT2D eigenvalue weighted by Gasteiger charge is 2.14. The summed E-state index contributed by atoms with van der Waals surface area (Å²) in [5.74, 6) is 1.74. The van der Waals surface area contributed by atoms with Crippen LogP contribution >= 0.6 is 0 Å². The highest BCUT2D eigenvalue weighted by atomic mass is 16.5. The predicted molar refractivity (Wildman–Crippen MR) is 63.1 cm³/mol. The zero-order chi connectivity index (χ0) is 10.9. The molecular formula is C13H26O2. The Morgan fingerprint density at radius 3 is 2.20 bits per heavy atom. The average molecular weight is 214 g/mol. The molecule has 0 bridgehead atoms. The Bertz CT molecular complexity index is 137. The van der Waals surface area contributed by atoms with Crippen molar-refractivity contribution in [2.75, 3.05) is 26.4 Å². The first kappa shape index (κ1) is 13.0. The molecule has 0 aromatic rings. The highest BCUT2D eigenvalue weighted by molar-refractivity contribution is 4.63. The fourth-order valence-corrected chi connectivity index (χ4v) is 1.85. The molecule has 0 aromatic carbocycles. The second kappa shape index (κ2) is 8.12. The van der Waals surface area contributed by atoms with Gasteiger partial charge in [-0.1, -0.05) is 33.1 Å². The SMILES string of the molecule is CC1COC1.CCCCCC1CCOC1. The summed E-state index contributed by atoms with van der Waals surface area (Å²) in [7, 11) is 0. The molecule has 90 valence electrons. The van der Waals surface area contributed by atoms with Gasteiger partial charge in [0.2, 0.25) is 0 Å². The van der Waals surface area contributed by atoms with E-state index in [2.05, 4.69) is 13.8 Å². The van der Waals surface area contributed by atoms with Crippen LogP contribution in [0.3, 0.4) is 0 Å². The summed E-state index contributed by atoms with van der Waals surface area (Å²) in [6, 6.07) is 0. The summed E-state index contributed by atoms with van der Waals surface area (Å²) in [4.78, 5) is 0. The fourth-order valence-electron chi connectivity index (χ4n) is 1.85. The predicted octanol–water partition coefficient (Wildman–Crippen LogP) is 3.26. The smallest absolute Gasteiger partial charge is 0.0513 e. The Morgan fingerprint density at radius 1 is 1.07 bits per heavy atom. The van der Waals surface area contributed by atoms with E-state index < -0.39 is 0 Å². The van der Waals surface area contributed by atoms with Crippen LogP contribution in [0.2, 0.25) is 0 Å². The van der Waals surface area contributed by atoms with Gasteiger partial charge in [-0.2, -0.15) is 0 Å². The van der Waals surface area contributed by atoms with E-state index in [4.69, 9.17) is 9.47 Å². The van der Waals surface area contributed by atoms with Gasteiger partial charge < -0.3 is 9.47 Å². The number of hydrogen-bond donors (Lipinski definition) is 0. The molecule has 0 aliphatic carbocycles. The van der Waals surface area contributed by atoms with E-state index in [0.29, 0.717) is 0 Å². The quantitative estimate of drug-likeness (QED) is 0.669. The highest BCUT2D eigenvalue weighted by Crippen LogP contribution is 2.18. The first-order valence-corrected chi connectivity index (χ1v) is 6.48. The topological polar surface area (TPSA) is 18.5 Å². The first-order chi connectivity index (χ1) is 7.33. The lowest BCUT2D eigenvalue weighted by Gasteiger charge is -2.20. The summed E-state index contributed by atoms with van der Waals surface area (Å²) in [5, 5.41) is 0. The van der Waals surface area contributed by atoms with Gasteiger partial charge in [-0.3, -0.25) is 0 Å². The van der Waals surface area contributed by atoms with Crippen LogP contribution in [0.5, 0.6) is 0 Å². The van der Waals surface area contributed by atoms with E-state index in [1.165, 1.54) is 32.1 Å². The van der Waals surface area contributed by atoms with Crippen molar-refractivity contribution in [3.63, 3.8) is 0 Å². The summed E-state index contributed by atoms with van der Waals surface area (Å²) in [5.41, 5.74) is 0. The fraction of sp³-hybridized carbons (Fsp3) is 1.00. The third-order valence-corrected chi connectivity index (χ3v) is 3.04. The van der Waals surface area contributed by atoms with Gasteiger partial charge in [0.25, 0.3) is 0 Å². The maximum atomic E-state index is 5.29.